The Morgan fingerprint density at radius 3 is 2.71 bits per heavy atom. The Bertz CT molecular complexity index is 610. The van der Waals surface area contributed by atoms with Crippen LogP contribution in [-0.4, -0.2) is 39.3 Å². The monoisotopic (exact) mass is 307 g/mol. The van der Waals surface area contributed by atoms with Crippen molar-refractivity contribution in [3.05, 3.63) is 47.2 Å². The second kappa shape index (κ2) is 6.74. The number of hydrogen-bond acceptors (Lipinski definition) is 3. The van der Waals surface area contributed by atoms with Crippen LogP contribution in [0.3, 0.4) is 0 Å². The lowest BCUT2D eigenvalue weighted by atomic mass is 10.1. The summed E-state index contributed by atoms with van der Waals surface area (Å²) in [6.45, 7) is 2.86. The van der Waals surface area contributed by atoms with Crippen molar-refractivity contribution in [2.45, 2.75) is 13.5 Å². The Morgan fingerprint density at radius 1 is 1.43 bits per heavy atom. The normalized spacial score (nSPS) is 12.6. The molecule has 0 saturated heterocycles. The van der Waals surface area contributed by atoms with Crippen LogP contribution in [0.5, 0.6) is 0 Å². The van der Waals surface area contributed by atoms with Gasteiger partial charge in [0.15, 0.2) is 0 Å². The van der Waals surface area contributed by atoms with Gasteiger partial charge in [0.1, 0.15) is 0 Å². The van der Waals surface area contributed by atoms with E-state index in [0.717, 1.165) is 11.3 Å². The molecule has 1 atom stereocenters. The van der Waals surface area contributed by atoms with E-state index < -0.39 is 5.97 Å². The highest BCUT2D eigenvalue weighted by molar-refractivity contribution is 6.30. The highest BCUT2D eigenvalue weighted by Gasteiger charge is 2.14. The third-order valence-corrected chi connectivity index (χ3v) is 3.44. The van der Waals surface area contributed by atoms with E-state index in [1.807, 2.05) is 42.4 Å². The van der Waals surface area contributed by atoms with Gasteiger partial charge in [-0.2, -0.15) is 5.10 Å². The number of carboxylic acids is 1. The van der Waals surface area contributed by atoms with Crippen molar-refractivity contribution in [2.75, 3.05) is 13.6 Å². The third-order valence-electron chi connectivity index (χ3n) is 3.19. The molecule has 0 aliphatic rings. The van der Waals surface area contributed by atoms with Crippen LogP contribution in [0.25, 0.3) is 5.69 Å². The Morgan fingerprint density at radius 2 is 2.10 bits per heavy atom. The van der Waals surface area contributed by atoms with Crippen molar-refractivity contribution in [1.82, 2.24) is 14.7 Å². The van der Waals surface area contributed by atoms with E-state index in [1.54, 1.807) is 17.8 Å². The maximum absolute atomic E-state index is 10.8. The summed E-state index contributed by atoms with van der Waals surface area (Å²) in [5, 5.41) is 13.9. The molecule has 2 rings (SSSR count). The molecule has 0 amide bonds. The zero-order chi connectivity index (χ0) is 15.4. The summed E-state index contributed by atoms with van der Waals surface area (Å²) in [7, 11) is 1.90. The van der Waals surface area contributed by atoms with Gasteiger partial charge >= 0.3 is 5.97 Å². The molecular formula is C15H18ClN3O2. The molecule has 5 nitrogen and oxygen atoms in total. The lowest BCUT2D eigenvalue weighted by molar-refractivity contribution is -0.141. The zero-order valence-electron chi connectivity index (χ0n) is 12.0. The van der Waals surface area contributed by atoms with Gasteiger partial charge in [0.25, 0.3) is 0 Å². The molecule has 21 heavy (non-hydrogen) atoms. The fourth-order valence-electron chi connectivity index (χ4n) is 2.10. The molecule has 1 aromatic heterocycles. The highest BCUT2D eigenvalue weighted by atomic mass is 35.5. The number of aromatic nitrogens is 2. The first-order valence-corrected chi connectivity index (χ1v) is 7.04. The van der Waals surface area contributed by atoms with Gasteiger partial charge in [-0.15, -0.1) is 0 Å². The maximum Gasteiger partial charge on any atom is 0.307 e. The van der Waals surface area contributed by atoms with Crippen LogP contribution in [0.4, 0.5) is 0 Å². The van der Waals surface area contributed by atoms with Gasteiger partial charge in [0, 0.05) is 29.9 Å². The van der Waals surface area contributed by atoms with Crippen molar-refractivity contribution in [2.24, 2.45) is 5.92 Å². The smallest absolute Gasteiger partial charge is 0.307 e. The summed E-state index contributed by atoms with van der Waals surface area (Å²) in [5.74, 6) is -1.17. The van der Waals surface area contributed by atoms with Gasteiger partial charge in [-0.05, 0) is 31.3 Å². The molecule has 1 heterocycles. The van der Waals surface area contributed by atoms with E-state index in [0.29, 0.717) is 18.1 Å². The van der Waals surface area contributed by atoms with Crippen LogP contribution >= 0.6 is 11.6 Å². The Labute approximate surface area is 128 Å². The molecule has 1 N–H and O–H groups in total. The summed E-state index contributed by atoms with van der Waals surface area (Å²) in [4.78, 5) is 12.8. The molecule has 0 spiro atoms. The van der Waals surface area contributed by atoms with E-state index in [-0.39, 0.29) is 5.92 Å². The molecule has 6 heteroatoms. The van der Waals surface area contributed by atoms with Gasteiger partial charge in [-0.25, -0.2) is 4.68 Å². The van der Waals surface area contributed by atoms with Crippen molar-refractivity contribution in [3.63, 3.8) is 0 Å². The summed E-state index contributed by atoms with van der Waals surface area (Å²) < 4.78 is 1.78. The first kappa shape index (κ1) is 15.5. The molecule has 112 valence electrons. The SMILES string of the molecule is CC(CN(C)Cc1cnn(-c2ccc(Cl)cc2)c1)C(=O)O. The van der Waals surface area contributed by atoms with Gasteiger partial charge in [-0.1, -0.05) is 18.5 Å². The van der Waals surface area contributed by atoms with Gasteiger partial charge < -0.3 is 10.0 Å². The predicted molar refractivity (Wildman–Crippen MR) is 81.7 cm³/mol. The largest absolute Gasteiger partial charge is 0.481 e. The molecule has 1 aromatic carbocycles. The van der Waals surface area contributed by atoms with E-state index in [4.69, 9.17) is 16.7 Å². The van der Waals surface area contributed by atoms with E-state index in [1.165, 1.54) is 0 Å². The lowest BCUT2D eigenvalue weighted by Crippen LogP contribution is -2.28. The summed E-state index contributed by atoms with van der Waals surface area (Å²) in [6, 6.07) is 7.43. The number of hydrogen-bond donors (Lipinski definition) is 1. The van der Waals surface area contributed by atoms with Crippen LogP contribution in [0.15, 0.2) is 36.7 Å². The molecule has 1 unspecified atom stereocenters. The molecule has 0 fully saturated rings. The minimum absolute atomic E-state index is 0.388. The summed E-state index contributed by atoms with van der Waals surface area (Å²) in [5.41, 5.74) is 1.97. The summed E-state index contributed by atoms with van der Waals surface area (Å²) >= 11 is 5.86. The van der Waals surface area contributed by atoms with Gasteiger partial charge in [0.05, 0.1) is 17.8 Å². The number of aliphatic carboxylic acids is 1. The molecular weight excluding hydrogens is 290 g/mol. The number of carboxylic acid groups (broad SMARTS) is 1. The van der Waals surface area contributed by atoms with Crippen LogP contribution in [0.2, 0.25) is 5.02 Å². The molecule has 0 radical (unpaired) electrons. The van der Waals surface area contributed by atoms with E-state index >= 15 is 0 Å². The minimum Gasteiger partial charge on any atom is -0.481 e. The van der Waals surface area contributed by atoms with Crippen molar-refractivity contribution < 1.29 is 9.90 Å². The zero-order valence-corrected chi connectivity index (χ0v) is 12.8. The summed E-state index contributed by atoms with van der Waals surface area (Å²) in [6.07, 6.45) is 3.72. The van der Waals surface area contributed by atoms with Gasteiger partial charge in [0.2, 0.25) is 0 Å². The average Bonchev–Trinajstić information content (AvgIpc) is 2.87. The van der Waals surface area contributed by atoms with E-state index in [9.17, 15) is 4.79 Å². The molecule has 0 saturated carbocycles. The average molecular weight is 308 g/mol. The second-order valence-corrected chi connectivity index (χ2v) is 5.64. The number of nitrogens with zero attached hydrogens (tertiary/aromatic N) is 3. The van der Waals surface area contributed by atoms with E-state index in [2.05, 4.69) is 5.10 Å². The number of halogens is 1. The van der Waals surface area contributed by atoms with Crippen molar-refractivity contribution >= 4 is 17.6 Å². The number of benzene rings is 1. The second-order valence-electron chi connectivity index (χ2n) is 5.21. The van der Waals surface area contributed by atoms with Gasteiger partial charge in [-0.3, -0.25) is 4.79 Å². The highest BCUT2D eigenvalue weighted by Crippen LogP contribution is 2.14. The van der Waals surface area contributed by atoms with Crippen LogP contribution in [-0.2, 0) is 11.3 Å². The predicted octanol–water partition coefficient (Wildman–Crippen LogP) is 2.68. The lowest BCUT2D eigenvalue weighted by Gasteiger charge is -2.17. The van der Waals surface area contributed by atoms with Crippen LogP contribution < -0.4 is 0 Å². The first-order valence-electron chi connectivity index (χ1n) is 6.66. The molecule has 0 bridgehead atoms. The number of carbonyl (C=O) groups is 1. The maximum atomic E-state index is 10.8. The fourth-order valence-corrected chi connectivity index (χ4v) is 2.22. The molecule has 0 aliphatic carbocycles. The Balaban J connectivity index is 2.00. The van der Waals surface area contributed by atoms with Crippen LogP contribution in [0, 0.1) is 5.92 Å². The fraction of sp³-hybridized carbons (Fsp3) is 0.333. The Hall–Kier alpha value is -1.85. The topological polar surface area (TPSA) is 58.4 Å². The standard InChI is InChI=1S/C15H18ClN3O2/c1-11(15(20)21)8-18(2)9-12-7-17-19(10-12)14-5-3-13(16)4-6-14/h3-7,10-11H,8-9H2,1-2H3,(H,20,21). The number of rotatable bonds is 6. The quantitative estimate of drug-likeness (QED) is 0.891. The van der Waals surface area contributed by atoms with Crippen LogP contribution in [0.1, 0.15) is 12.5 Å². The molecule has 0 aliphatic heterocycles. The van der Waals surface area contributed by atoms with Crippen molar-refractivity contribution in [3.8, 4) is 5.69 Å². The Kier molecular flexibility index (Phi) is 4.98. The van der Waals surface area contributed by atoms with Crippen molar-refractivity contribution in [1.29, 1.82) is 0 Å². The molecule has 2 aromatic rings. The minimum atomic E-state index is -0.779. The third kappa shape index (κ3) is 4.31. The first-order chi connectivity index (χ1) is 9.95.